The molecule has 0 amide bonds. The summed E-state index contributed by atoms with van der Waals surface area (Å²) >= 11 is 0. The van der Waals surface area contributed by atoms with Crippen LogP contribution in [0.5, 0.6) is 0 Å². The summed E-state index contributed by atoms with van der Waals surface area (Å²) < 4.78 is 115. The summed E-state index contributed by atoms with van der Waals surface area (Å²) in [5.41, 5.74) is 8.41. The molecule has 0 spiro atoms. The summed E-state index contributed by atoms with van der Waals surface area (Å²) in [6.07, 6.45) is -81.9. The summed E-state index contributed by atoms with van der Waals surface area (Å²) in [5.74, 6) is 0. The molecule has 0 aromatic carbocycles. The lowest BCUT2D eigenvalue weighted by Gasteiger charge is -2.51. The molecule has 21 saturated heterocycles. The van der Waals surface area contributed by atoms with Gasteiger partial charge >= 0.3 is 0 Å². The largest absolute Gasteiger partial charge is 0.394 e. The highest BCUT2D eigenvalue weighted by Gasteiger charge is 2.61. The van der Waals surface area contributed by atoms with Gasteiger partial charge in [-0.15, -0.1) is 0 Å². The Kier molecular flexibility index (Phi) is 31.8. The van der Waals surface area contributed by atoms with Crippen LogP contribution in [0.3, 0.4) is 0 Å². The fourth-order valence-electron chi connectivity index (χ4n) is 13.0. The molecule has 0 aliphatic carbocycles. The highest BCUT2D eigenvalue weighted by Crippen LogP contribution is 2.40. The van der Waals surface area contributed by atoms with Gasteiger partial charge in [0.2, 0.25) is 0 Å². The van der Waals surface area contributed by atoms with Crippen LogP contribution in [0.2, 0.25) is 0 Å². The minimum Gasteiger partial charge on any atom is -0.394 e. The Labute approximate surface area is 577 Å². The van der Waals surface area contributed by atoms with Crippen molar-refractivity contribution in [2.45, 2.75) is 246 Å². The summed E-state index contributed by atoms with van der Waals surface area (Å²) in [6.45, 7) is -8.83. The molecule has 592 valence electrons. The van der Waals surface area contributed by atoms with Gasteiger partial charge in [0.1, 0.15) is 195 Å². The maximum atomic E-state index is 12.2. The molecule has 21 aliphatic rings. The lowest BCUT2D eigenvalue weighted by atomic mass is 9.94. The molecule has 40 atom stereocenters. The van der Waals surface area contributed by atoms with Gasteiger partial charge in [0.25, 0.3) is 0 Å². The van der Waals surface area contributed by atoms with Crippen LogP contribution in [0.25, 0.3) is 10.4 Å². The second-order valence-corrected chi connectivity index (χ2v) is 25.1. The van der Waals surface area contributed by atoms with Crippen LogP contribution in [0, 0.1) is 0 Å². The van der Waals surface area contributed by atoms with Crippen LogP contribution in [-0.4, -0.2) is 469 Å². The summed E-state index contributed by atoms with van der Waals surface area (Å²) in [6, 6.07) is 0. The molecule has 21 aliphatic heterocycles. The lowest BCUT2D eigenvalue weighted by molar-refractivity contribution is -0.404. The molecule has 21 rings (SSSR count). The summed E-state index contributed by atoms with van der Waals surface area (Å²) in [4.78, 5) is 2.62. The van der Waals surface area contributed by atoms with E-state index in [2.05, 4.69) is 10.0 Å². The molecule has 0 aromatic rings. The van der Waals surface area contributed by atoms with E-state index in [0.29, 0.717) is 0 Å². The second-order valence-electron chi connectivity index (χ2n) is 25.1. The molecule has 0 radical (unpaired) electrons. The number of aliphatic hydroxyl groups is 23. The van der Waals surface area contributed by atoms with E-state index in [0.717, 1.165) is 0 Å². The van der Waals surface area contributed by atoms with Crippen LogP contribution in [0.15, 0.2) is 5.11 Å². The molecular formula is C56H95N3O43. The fraction of sp³-hybridized carbons (Fsp3) is 1.00. The number of aliphatic hydroxyl groups excluding tert-OH is 23. The van der Waals surface area contributed by atoms with Gasteiger partial charge in [-0.3, -0.25) is 0 Å². The van der Waals surface area contributed by atoms with Crippen LogP contribution in [-0.2, 0) is 94.7 Å². The third-order valence-electron chi connectivity index (χ3n) is 18.6. The van der Waals surface area contributed by atoms with Crippen molar-refractivity contribution in [3.8, 4) is 0 Å². The molecule has 0 saturated carbocycles. The zero-order valence-corrected chi connectivity index (χ0v) is 54.2. The normalized spacial score (nSPS) is 49.3. The van der Waals surface area contributed by atoms with Gasteiger partial charge in [0, 0.05) is 11.5 Å². The van der Waals surface area contributed by atoms with E-state index in [1.54, 1.807) is 0 Å². The van der Waals surface area contributed by atoms with Crippen molar-refractivity contribution in [2.24, 2.45) is 5.11 Å². The number of hydrogen-bond acceptors (Lipinski definition) is 44. The first-order valence-electron chi connectivity index (χ1n) is 32.9. The maximum Gasteiger partial charge on any atom is 0.187 e. The molecular weight excluding hydrogens is 1400 g/mol. The molecule has 46 heteroatoms. The van der Waals surface area contributed by atoms with E-state index < -0.39 is 305 Å². The van der Waals surface area contributed by atoms with Crippen molar-refractivity contribution in [2.75, 3.05) is 106 Å². The highest BCUT2D eigenvalue weighted by atomic mass is 16.8. The molecule has 21 heterocycles. The number of azide groups is 1. The van der Waals surface area contributed by atoms with Gasteiger partial charge in [-0.25, -0.2) is 0 Å². The minimum absolute atomic E-state index is 0.0274. The SMILES string of the molecule is [N-]=[N+]=NCCOCCOCCOCCO[C@H]1[C@H]2O[C@H]3[C@H](O)[C@@H](O)[C@@H](O[C@H]4[C@H](O)[C@@H](O)[C@@H](O[C@H]5[C@H](O)[C@@H](O)[C@@H](O[C@H]6[C@H](O)[C@@H](O)[C@@H](O[C@H]7[C@H](O)[C@@H](O)[C@@H](O[C@H]8[C@H](O)[C@@H](O)[C@@H](O[C@H]9[C@H](O)[C@@H](O)[C@@H](O[C@@H]([C@@H]1O)[C@@H](CO)O2)O[C@@H]9CO)O[C@@H]8CO)O[C@@H]7CO)O[C@@H]6CO)O[C@@H]5CO)O[C@@H]4CO)O[C@@H]3CO. The Morgan fingerprint density at radius 3 is 0.637 bits per heavy atom. The quantitative estimate of drug-likeness (QED) is 0.0220. The summed E-state index contributed by atoms with van der Waals surface area (Å²) in [5, 5.41) is 262. The van der Waals surface area contributed by atoms with E-state index >= 15 is 0 Å². The fourth-order valence-corrected chi connectivity index (χ4v) is 13.0. The number of nitrogens with zero attached hydrogens (tertiary/aromatic N) is 3. The third-order valence-corrected chi connectivity index (χ3v) is 18.6. The Hall–Kier alpha value is -2.41. The molecule has 16 bridgehead atoms. The van der Waals surface area contributed by atoms with Crippen LogP contribution >= 0.6 is 0 Å². The first-order chi connectivity index (χ1) is 48.9. The van der Waals surface area contributed by atoms with Gasteiger partial charge in [-0.2, -0.15) is 0 Å². The highest BCUT2D eigenvalue weighted by molar-refractivity contribution is 5.03. The average molecular weight is 1500 g/mol. The van der Waals surface area contributed by atoms with Crippen molar-refractivity contribution < 1.29 is 212 Å². The van der Waals surface area contributed by atoms with Crippen molar-refractivity contribution in [3.05, 3.63) is 10.4 Å². The molecule has 21 fully saturated rings. The number of ether oxygens (including phenoxy) is 20. The van der Waals surface area contributed by atoms with Crippen LogP contribution < -0.4 is 0 Å². The first-order valence-corrected chi connectivity index (χ1v) is 32.9. The zero-order chi connectivity index (χ0) is 74.0. The van der Waals surface area contributed by atoms with Crippen molar-refractivity contribution in [3.63, 3.8) is 0 Å². The van der Waals surface area contributed by atoms with Crippen molar-refractivity contribution >= 4 is 0 Å². The van der Waals surface area contributed by atoms with Gasteiger partial charge in [-0.05, 0) is 5.53 Å². The van der Waals surface area contributed by atoms with E-state index in [9.17, 15) is 117 Å². The van der Waals surface area contributed by atoms with Crippen LogP contribution in [0.4, 0.5) is 0 Å². The number of rotatable bonds is 21. The van der Waals surface area contributed by atoms with Gasteiger partial charge < -0.3 is 212 Å². The monoisotopic (exact) mass is 1500 g/mol. The molecule has 102 heavy (non-hydrogen) atoms. The first kappa shape index (κ1) is 83.6. The molecule has 0 unspecified atom stereocenters. The number of hydrogen-bond donors (Lipinski definition) is 23. The predicted molar refractivity (Wildman–Crippen MR) is 311 cm³/mol. The standard InChI is InChI=1S/C56H95N3O43/c57-59-58-1-2-83-3-4-84-5-6-85-7-8-86-48-39(82)47-24(16-67)94-56(48)102-46-23(15-66)93-54(38(81)31(46)74)100-44-21(13-64)91-52(36(79)29(44)72)98-42-19(11-62)89-50(34(77)27(42)70)96-40-17(9-60)87-49(32(75)25(40)68)95-41-18(10-61)88-51(33(76)26(41)69)97-43-20(12-63)90-53(35(78)28(43)71)99-45-22(14-65)92-55(101-47)37(80)30(45)73/h17-56,60-82H,1-16H2/t17-,18-,19-,20-,21-,22-,23-,24-,25-,26-,27-,28-,29-,30-,31-,32-,33-,34-,35-,36-,37-,38-,39+,40-,41-,42-,43-,44-,45-,46-,47-,48-,49-,50-,51-,52-,53-,54-,55-,56-/m1/s1. The zero-order valence-electron chi connectivity index (χ0n) is 54.2. The smallest absolute Gasteiger partial charge is 0.187 e. The molecule has 0 aromatic heterocycles. The second kappa shape index (κ2) is 38.8. The van der Waals surface area contributed by atoms with Crippen LogP contribution in [0.1, 0.15) is 0 Å². The molecule has 46 nitrogen and oxygen atoms in total. The van der Waals surface area contributed by atoms with Gasteiger partial charge in [0.15, 0.2) is 50.3 Å². The Bertz CT molecular complexity index is 2510. The average Bonchev–Trinajstić information content (AvgIpc) is 0.775. The van der Waals surface area contributed by atoms with E-state index in [4.69, 9.17) is 100 Å². The van der Waals surface area contributed by atoms with Gasteiger partial charge in [-0.1, -0.05) is 5.11 Å². The van der Waals surface area contributed by atoms with Crippen molar-refractivity contribution in [1.82, 2.24) is 0 Å². The Balaban J connectivity index is 0.974. The maximum absolute atomic E-state index is 12.2. The Morgan fingerprint density at radius 1 is 0.235 bits per heavy atom. The molecule has 23 N–H and O–H groups in total. The van der Waals surface area contributed by atoms with E-state index in [1.165, 1.54) is 0 Å². The summed E-state index contributed by atoms with van der Waals surface area (Å²) in [7, 11) is 0. The van der Waals surface area contributed by atoms with E-state index in [1.807, 2.05) is 0 Å². The lowest BCUT2D eigenvalue weighted by Crippen LogP contribution is -2.69. The minimum atomic E-state index is -2.27. The van der Waals surface area contributed by atoms with Crippen molar-refractivity contribution in [1.29, 1.82) is 0 Å². The Morgan fingerprint density at radius 2 is 0.422 bits per heavy atom. The third kappa shape index (κ3) is 18.7. The predicted octanol–water partition coefficient (Wildman–Crippen LogP) is -16.0. The van der Waals surface area contributed by atoms with Gasteiger partial charge in [0.05, 0.1) is 99.1 Å². The van der Waals surface area contributed by atoms with E-state index in [-0.39, 0.29) is 46.2 Å². The topological polar surface area (TPSA) is 699 Å².